The predicted molar refractivity (Wildman–Crippen MR) is 46.9 cm³/mol. The third-order valence-electron chi connectivity index (χ3n) is 1.97. The lowest BCUT2D eigenvalue weighted by Crippen LogP contribution is -3.00. The van der Waals surface area contributed by atoms with Gasteiger partial charge >= 0.3 is 0 Å². The summed E-state index contributed by atoms with van der Waals surface area (Å²) in [6, 6.07) is 1.46. The molecule has 0 N–H and O–H groups in total. The van der Waals surface area contributed by atoms with Gasteiger partial charge in [-0.1, -0.05) is 6.04 Å². The van der Waals surface area contributed by atoms with E-state index >= 15 is 0 Å². The van der Waals surface area contributed by atoms with E-state index in [1.54, 1.807) is 0 Å². The van der Waals surface area contributed by atoms with Crippen molar-refractivity contribution in [1.29, 1.82) is 0 Å². The van der Waals surface area contributed by atoms with Gasteiger partial charge in [0.2, 0.25) is 0 Å². The van der Waals surface area contributed by atoms with Crippen LogP contribution in [0.15, 0.2) is 0 Å². The van der Waals surface area contributed by atoms with Crippen LogP contribution in [0, 0.1) is 0 Å². The van der Waals surface area contributed by atoms with Crippen LogP contribution in [0.4, 0.5) is 0 Å². The van der Waals surface area contributed by atoms with Gasteiger partial charge in [-0.2, -0.15) is 0 Å². The van der Waals surface area contributed by atoms with Crippen LogP contribution >= 0.6 is 0 Å². The van der Waals surface area contributed by atoms with Crippen LogP contribution in [-0.4, -0.2) is 41.9 Å². The molecule has 0 aliphatic carbocycles. The summed E-state index contributed by atoms with van der Waals surface area (Å²) in [5.41, 5.74) is 0. The molecule has 0 rings (SSSR count). The molecule has 64 valence electrons. The summed E-state index contributed by atoms with van der Waals surface area (Å²) < 4.78 is 1.20. The molecule has 0 spiro atoms. The second-order valence-electron chi connectivity index (χ2n) is 3.33. The monoisotopic (exact) mass is 181 g/mol. The van der Waals surface area contributed by atoms with E-state index < -0.39 is 0 Å². The van der Waals surface area contributed by atoms with Crippen molar-refractivity contribution < 1.29 is 16.9 Å². The number of hydrogen-bond acceptors (Lipinski definition) is 0. The summed E-state index contributed by atoms with van der Waals surface area (Å²) in [6.07, 6.45) is 1.42. The summed E-state index contributed by atoms with van der Waals surface area (Å²) in [5.74, 6) is 0. The lowest BCUT2D eigenvalue weighted by atomic mass is 10.4. The molecule has 0 aliphatic rings. The summed E-state index contributed by atoms with van der Waals surface area (Å²) in [5, 5.41) is 0. The molecule has 0 saturated heterocycles. The van der Waals surface area contributed by atoms with Crippen molar-refractivity contribution in [2.75, 3.05) is 27.2 Å². The highest BCUT2D eigenvalue weighted by atomic mass is 35.5. The lowest BCUT2D eigenvalue weighted by molar-refractivity contribution is -0.888. The van der Waals surface area contributed by atoms with Gasteiger partial charge in [-0.15, -0.1) is 0 Å². The van der Waals surface area contributed by atoms with E-state index in [1.165, 1.54) is 40.3 Å². The van der Waals surface area contributed by atoms with Gasteiger partial charge in [-0.05, 0) is 13.3 Å². The Morgan fingerprint density at radius 3 is 2.10 bits per heavy atom. The molecule has 10 heavy (non-hydrogen) atoms. The molecule has 0 aromatic carbocycles. The standard InChI is InChI=1S/C7H20NSi.ClH/c1-4-8(2,3)6-5-7-9;/h4-7H2,1-3,9H3;1H/q+1;/p-1. The molecule has 0 aliphatic heterocycles. The third-order valence-corrected chi connectivity index (χ3v) is 2.68. The fourth-order valence-corrected chi connectivity index (χ4v) is 1.06. The van der Waals surface area contributed by atoms with Crippen molar-refractivity contribution >= 4 is 10.2 Å². The van der Waals surface area contributed by atoms with E-state index in [-0.39, 0.29) is 12.4 Å². The Morgan fingerprint density at radius 2 is 1.80 bits per heavy atom. The SMILES string of the molecule is CC[N+](C)(C)CCC[SiH3].[Cl-]. The van der Waals surface area contributed by atoms with Gasteiger partial charge < -0.3 is 16.9 Å². The largest absolute Gasteiger partial charge is 1.00 e. The second-order valence-corrected chi connectivity index (χ2v) is 4.33. The molecular weight excluding hydrogens is 162 g/mol. The van der Waals surface area contributed by atoms with Crippen LogP contribution < -0.4 is 12.4 Å². The molecule has 0 fully saturated rings. The van der Waals surface area contributed by atoms with Crippen LogP contribution in [-0.2, 0) is 0 Å². The highest BCUT2D eigenvalue weighted by Gasteiger charge is 2.08. The van der Waals surface area contributed by atoms with Crippen LogP contribution in [0.2, 0.25) is 6.04 Å². The third kappa shape index (κ3) is 6.58. The highest BCUT2D eigenvalue weighted by Crippen LogP contribution is 1.98. The molecule has 0 saturated carbocycles. The molecule has 0 bridgehead atoms. The Morgan fingerprint density at radius 1 is 1.30 bits per heavy atom. The molecule has 3 heteroatoms. The van der Waals surface area contributed by atoms with Gasteiger partial charge in [0, 0.05) is 10.2 Å². The molecular formula is C7H20ClNSi. The predicted octanol–water partition coefficient (Wildman–Crippen LogP) is -2.74. The van der Waals surface area contributed by atoms with E-state index in [0.29, 0.717) is 0 Å². The fourth-order valence-electron chi connectivity index (χ4n) is 0.744. The van der Waals surface area contributed by atoms with Crippen molar-refractivity contribution in [3.05, 3.63) is 0 Å². The maximum atomic E-state index is 2.30. The van der Waals surface area contributed by atoms with E-state index in [9.17, 15) is 0 Å². The Balaban J connectivity index is 0. The Hall–Kier alpha value is 0.467. The van der Waals surface area contributed by atoms with Crippen LogP contribution in [0.1, 0.15) is 13.3 Å². The van der Waals surface area contributed by atoms with Crippen molar-refractivity contribution in [3.63, 3.8) is 0 Å². The second kappa shape index (κ2) is 6.19. The zero-order chi connectivity index (χ0) is 7.33. The van der Waals surface area contributed by atoms with Gasteiger partial charge in [0.05, 0.1) is 27.2 Å². The van der Waals surface area contributed by atoms with Gasteiger partial charge in [-0.3, -0.25) is 0 Å². The topological polar surface area (TPSA) is 0 Å². The molecule has 0 aromatic heterocycles. The number of rotatable bonds is 4. The molecule has 0 heterocycles. The molecule has 0 aromatic rings. The van der Waals surface area contributed by atoms with Crippen LogP contribution in [0.3, 0.4) is 0 Å². The van der Waals surface area contributed by atoms with Crippen molar-refractivity contribution in [1.82, 2.24) is 0 Å². The molecule has 0 amide bonds. The first kappa shape index (κ1) is 13.1. The first-order valence-electron chi connectivity index (χ1n) is 3.94. The van der Waals surface area contributed by atoms with Gasteiger partial charge in [0.25, 0.3) is 0 Å². The minimum atomic E-state index is 0. The fraction of sp³-hybridized carbons (Fsp3) is 1.00. The average molecular weight is 182 g/mol. The van der Waals surface area contributed by atoms with Crippen molar-refractivity contribution in [2.45, 2.75) is 19.4 Å². The number of nitrogens with zero attached hydrogens (tertiary/aromatic N) is 1. The number of quaternary nitrogens is 1. The Kier molecular flexibility index (Phi) is 8.11. The summed E-state index contributed by atoms with van der Waals surface area (Å²) in [4.78, 5) is 0. The van der Waals surface area contributed by atoms with Crippen molar-refractivity contribution in [2.24, 2.45) is 0 Å². The maximum Gasteiger partial charge on any atom is 0.0779 e. The normalized spacial score (nSPS) is 11.1. The average Bonchev–Trinajstić information content (AvgIpc) is 1.84. The van der Waals surface area contributed by atoms with Crippen LogP contribution in [0.5, 0.6) is 0 Å². The van der Waals surface area contributed by atoms with E-state index in [2.05, 4.69) is 21.0 Å². The lowest BCUT2D eigenvalue weighted by Gasteiger charge is -2.27. The molecule has 0 atom stereocenters. The highest BCUT2D eigenvalue weighted by molar-refractivity contribution is 6.08. The van der Waals surface area contributed by atoms with Crippen LogP contribution in [0.25, 0.3) is 0 Å². The van der Waals surface area contributed by atoms with E-state index in [0.717, 1.165) is 0 Å². The Bertz CT molecular complexity index is 76.0. The maximum absolute atomic E-state index is 2.30. The smallest absolute Gasteiger partial charge is 0.0779 e. The van der Waals surface area contributed by atoms with Gasteiger partial charge in [-0.25, -0.2) is 0 Å². The molecule has 0 unspecified atom stereocenters. The summed E-state index contributed by atoms with van der Waals surface area (Å²) in [6.45, 7) is 4.88. The number of halogens is 1. The van der Waals surface area contributed by atoms with E-state index in [1.807, 2.05) is 0 Å². The van der Waals surface area contributed by atoms with Gasteiger partial charge in [0.1, 0.15) is 0 Å². The van der Waals surface area contributed by atoms with E-state index in [4.69, 9.17) is 0 Å². The summed E-state index contributed by atoms with van der Waals surface area (Å²) >= 11 is 0. The van der Waals surface area contributed by atoms with Gasteiger partial charge in [0.15, 0.2) is 0 Å². The molecule has 1 nitrogen and oxygen atoms in total. The zero-order valence-electron chi connectivity index (χ0n) is 7.65. The minimum Gasteiger partial charge on any atom is -1.00 e. The quantitative estimate of drug-likeness (QED) is 0.326. The molecule has 0 radical (unpaired) electrons. The minimum absolute atomic E-state index is 0. The number of hydrogen-bond donors (Lipinski definition) is 0. The summed E-state index contributed by atoms with van der Waals surface area (Å²) in [7, 11) is 5.98. The van der Waals surface area contributed by atoms with Crippen molar-refractivity contribution in [3.8, 4) is 0 Å². The first-order chi connectivity index (χ1) is 4.12. The first-order valence-corrected chi connectivity index (χ1v) is 5.36. The zero-order valence-corrected chi connectivity index (χ0v) is 10.4. The Labute approximate surface area is 74.2 Å².